The number of piperidine rings is 3. The smallest absolute Gasteiger partial charge is 0.0226 e. The first-order chi connectivity index (χ1) is 7.92. The molecule has 2 nitrogen and oxygen atoms in total. The molecule has 1 N–H and O–H groups in total. The van der Waals surface area contributed by atoms with Crippen molar-refractivity contribution in [3.8, 4) is 0 Å². The van der Waals surface area contributed by atoms with Crippen LogP contribution in [-0.2, 0) is 0 Å². The van der Waals surface area contributed by atoms with Crippen molar-refractivity contribution < 1.29 is 0 Å². The third kappa shape index (κ3) is 2.43. The second-order valence-corrected chi connectivity index (χ2v) is 6.10. The highest BCUT2D eigenvalue weighted by atomic mass is 15.2. The summed E-state index contributed by atoms with van der Waals surface area (Å²) in [7, 11) is 0. The molecule has 4 aliphatic rings. The van der Waals surface area contributed by atoms with Crippen LogP contribution < -0.4 is 5.32 Å². The molecule has 1 unspecified atom stereocenters. The maximum atomic E-state index is 3.99. The molecule has 1 atom stereocenters. The van der Waals surface area contributed by atoms with E-state index in [-0.39, 0.29) is 0 Å². The fourth-order valence-electron chi connectivity index (χ4n) is 3.90. The molecule has 16 heavy (non-hydrogen) atoms. The second kappa shape index (κ2) is 5.05. The Balaban J connectivity index is 1.53. The van der Waals surface area contributed by atoms with E-state index in [1.54, 1.807) is 0 Å². The van der Waals surface area contributed by atoms with Crippen molar-refractivity contribution >= 4 is 0 Å². The van der Waals surface area contributed by atoms with Gasteiger partial charge in [0.05, 0.1) is 0 Å². The molecule has 1 saturated carbocycles. The monoisotopic (exact) mass is 222 g/mol. The fourth-order valence-corrected chi connectivity index (χ4v) is 3.90. The van der Waals surface area contributed by atoms with E-state index in [2.05, 4.69) is 10.2 Å². The van der Waals surface area contributed by atoms with E-state index in [4.69, 9.17) is 0 Å². The molecular weight excluding hydrogens is 196 g/mol. The van der Waals surface area contributed by atoms with E-state index in [1.807, 2.05) is 0 Å². The number of fused-ring (bicyclic) bond motifs is 3. The van der Waals surface area contributed by atoms with Gasteiger partial charge in [0.15, 0.2) is 0 Å². The van der Waals surface area contributed by atoms with Crippen LogP contribution in [0.25, 0.3) is 0 Å². The lowest BCUT2D eigenvalue weighted by Gasteiger charge is -2.46. The van der Waals surface area contributed by atoms with Crippen molar-refractivity contribution in [1.29, 1.82) is 0 Å². The lowest BCUT2D eigenvalue weighted by molar-refractivity contribution is 0.0659. The van der Waals surface area contributed by atoms with Gasteiger partial charge in [-0.05, 0) is 44.7 Å². The summed E-state index contributed by atoms with van der Waals surface area (Å²) in [5.74, 6) is 0.994. The molecular formula is C14H26N2. The highest BCUT2D eigenvalue weighted by Crippen LogP contribution is 2.29. The van der Waals surface area contributed by atoms with Crippen LogP contribution >= 0.6 is 0 Å². The van der Waals surface area contributed by atoms with Crippen LogP contribution in [0.3, 0.4) is 0 Å². The molecule has 0 amide bonds. The molecule has 2 heteroatoms. The Morgan fingerprint density at radius 3 is 2.06 bits per heavy atom. The minimum Gasteiger partial charge on any atom is -0.310 e. The average Bonchev–Trinajstić information content (AvgIpc) is 2.59. The van der Waals surface area contributed by atoms with Crippen LogP contribution in [0.1, 0.15) is 51.4 Å². The number of hydrogen-bond donors (Lipinski definition) is 1. The lowest BCUT2D eigenvalue weighted by Crippen LogP contribution is -2.57. The molecule has 4 rings (SSSR count). The average molecular weight is 222 g/mol. The zero-order valence-electron chi connectivity index (χ0n) is 10.5. The summed E-state index contributed by atoms with van der Waals surface area (Å²) in [5.41, 5.74) is 0. The third-order valence-corrected chi connectivity index (χ3v) is 4.96. The Hall–Kier alpha value is -0.0800. The van der Waals surface area contributed by atoms with Gasteiger partial charge in [-0.3, -0.25) is 0 Å². The van der Waals surface area contributed by atoms with Gasteiger partial charge in [-0.25, -0.2) is 0 Å². The summed E-state index contributed by atoms with van der Waals surface area (Å²) in [6.07, 6.45) is 11.6. The zero-order chi connectivity index (χ0) is 10.8. The molecule has 1 aliphatic carbocycles. The van der Waals surface area contributed by atoms with Gasteiger partial charge in [-0.2, -0.15) is 0 Å². The Morgan fingerprint density at radius 1 is 0.812 bits per heavy atom. The topological polar surface area (TPSA) is 15.3 Å². The predicted molar refractivity (Wildman–Crippen MR) is 67.6 cm³/mol. The Kier molecular flexibility index (Phi) is 3.49. The molecule has 0 aromatic carbocycles. The summed E-state index contributed by atoms with van der Waals surface area (Å²) >= 11 is 0. The molecule has 3 heterocycles. The van der Waals surface area contributed by atoms with Gasteiger partial charge in [0.1, 0.15) is 0 Å². The van der Waals surface area contributed by atoms with E-state index in [0.29, 0.717) is 0 Å². The molecule has 3 saturated heterocycles. The summed E-state index contributed by atoms with van der Waals surface area (Å²) in [6.45, 7) is 4.07. The predicted octanol–water partition coefficient (Wildman–Crippen LogP) is 2.39. The maximum Gasteiger partial charge on any atom is 0.0226 e. The van der Waals surface area contributed by atoms with Gasteiger partial charge in [0.2, 0.25) is 0 Å². The standard InChI is InChI=1S/C14H26N2/c1-2-4-6-13(5-3-1)15-14-11-16-9-7-12(14)8-10-16/h12-15H,1-11H2. The Labute approximate surface area is 99.8 Å². The van der Waals surface area contributed by atoms with E-state index >= 15 is 0 Å². The van der Waals surface area contributed by atoms with Crippen molar-refractivity contribution in [2.45, 2.75) is 63.5 Å². The third-order valence-electron chi connectivity index (χ3n) is 4.96. The van der Waals surface area contributed by atoms with Gasteiger partial charge >= 0.3 is 0 Å². The molecule has 0 radical (unpaired) electrons. The van der Waals surface area contributed by atoms with Crippen molar-refractivity contribution in [2.24, 2.45) is 5.92 Å². The van der Waals surface area contributed by atoms with E-state index in [1.165, 1.54) is 71.0 Å². The van der Waals surface area contributed by atoms with Crippen molar-refractivity contribution in [3.63, 3.8) is 0 Å². The molecule has 92 valence electrons. The van der Waals surface area contributed by atoms with Crippen molar-refractivity contribution in [2.75, 3.05) is 19.6 Å². The number of nitrogens with zero attached hydrogens (tertiary/aromatic N) is 1. The van der Waals surface area contributed by atoms with Crippen LogP contribution in [0.4, 0.5) is 0 Å². The molecule has 4 fully saturated rings. The first-order valence-electron chi connectivity index (χ1n) is 7.40. The Morgan fingerprint density at radius 2 is 1.50 bits per heavy atom. The molecule has 0 aromatic heterocycles. The second-order valence-electron chi connectivity index (χ2n) is 6.10. The van der Waals surface area contributed by atoms with E-state index in [9.17, 15) is 0 Å². The van der Waals surface area contributed by atoms with Gasteiger partial charge in [0, 0.05) is 18.6 Å². The van der Waals surface area contributed by atoms with Gasteiger partial charge in [-0.15, -0.1) is 0 Å². The lowest BCUT2D eigenvalue weighted by atomic mass is 9.83. The normalized spacial score (nSPS) is 40.9. The quantitative estimate of drug-likeness (QED) is 0.722. The summed E-state index contributed by atoms with van der Waals surface area (Å²) in [4.78, 5) is 2.66. The highest BCUT2D eigenvalue weighted by molar-refractivity contribution is 4.92. The van der Waals surface area contributed by atoms with Crippen LogP contribution in [0, 0.1) is 5.92 Å². The van der Waals surface area contributed by atoms with Crippen LogP contribution in [0.2, 0.25) is 0 Å². The molecule has 0 aromatic rings. The first kappa shape index (κ1) is 11.0. The minimum atomic E-state index is 0.825. The Bertz CT molecular complexity index is 213. The first-order valence-corrected chi connectivity index (χ1v) is 7.40. The van der Waals surface area contributed by atoms with Crippen molar-refractivity contribution in [1.82, 2.24) is 10.2 Å². The van der Waals surface area contributed by atoms with Gasteiger partial charge in [-0.1, -0.05) is 25.7 Å². The van der Waals surface area contributed by atoms with Gasteiger partial charge in [0.25, 0.3) is 0 Å². The largest absolute Gasteiger partial charge is 0.310 e. The summed E-state index contributed by atoms with van der Waals surface area (Å²) in [6, 6.07) is 1.67. The SMILES string of the molecule is C1CCCC(NC2CN3CCC2CC3)CC1. The van der Waals surface area contributed by atoms with Crippen LogP contribution in [0.15, 0.2) is 0 Å². The van der Waals surface area contributed by atoms with E-state index < -0.39 is 0 Å². The summed E-state index contributed by atoms with van der Waals surface area (Å²) in [5, 5.41) is 3.99. The maximum absolute atomic E-state index is 3.99. The molecule has 2 bridgehead atoms. The fraction of sp³-hybridized carbons (Fsp3) is 1.00. The van der Waals surface area contributed by atoms with Gasteiger partial charge < -0.3 is 10.2 Å². The molecule has 3 aliphatic heterocycles. The molecule has 0 spiro atoms. The van der Waals surface area contributed by atoms with Crippen LogP contribution in [0.5, 0.6) is 0 Å². The number of nitrogens with one attached hydrogen (secondary N) is 1. The van der Waals surface area contributed by atoms with Crippen molar-refractivity contribution in [3.05, 3.63) is 0 Å². The van der Waals surface area contributed by atoms with Crippen LogP contribution in [-0.4, -0.2) is 36.6 Å². The van der Waals surface area contributed by atoms with E-state index in [0.717, 1.165) is 18.0 Å². The summed E-state index contributed by atoms with van der Waals surface area (Å²) < 4.78 is 0. The number of rotatable bonds is 2. The highest BCUT2D eigenvalue weighted by Gasteiger charge is 2.34. The zero-order valence-corrected chi connectivity index (χ0v) is 10.5. The minimum absolute atomic E-state index is 0.825. The number of hydrogen-bond acceptors (Lipinski definition) is 2.